The first kappa shape index (κ1) is 38.9. The van der Waals surface area contributed by atoms with Gasteiger partial charge in [-0.2, -0.15) is 0 Å². The van der Waals surface area contributed by atoms with Gasteiger partial charge in [0.1, 0.15) is 0 Å². The maximum Gasteiger partial charge on any atom is 0.242 e. The third-order valence-electron chi connectivity index (χ3n) is 12.1. The van der Waals surface area contributed by atoms with Crippen molar-refractivity contribution in [1.29, 1.82) is 0 Å². The summed E-state index contributed by atoms with van der Waals surface area (Å²) in [5.41, 5.74) is 29.4. The van der Waals surface area contributed by atoms with Crippen LogP contribution in [-0.2, 0) is 0 Å². The van der Waals surface area contributed by atoms with E-state index in [0.717, 1.165) is 0 Å². The van der Waals surface area contributed by atoms with Crippen molar-refractivity contribution < 1.29 is 0 Å². The van der Waals surface area contributed by atoms with Crippen LogP contribution in [0.1, 0.15) is 66.8 Å². The lowest BCUT2D eigenvalue weighted by molar-refractivity contribution is 1.33. The predicted molar refractivity (Wildman–Crippen MR) is 249 cm³/mol. The fraction of sp³-hybridized carbons (Fsp3) is 0.222. The van der Waals surface area contributed by atoms with Crippen LogP contribution in [0.15, 0.2) is 121 Å². The Labute approximate surface area is 338 Å². The van der Waals surface area contributed by atoms with Gasteiger partial charge in [-0.15, -0.1) is 0 Å². The van der Waals surface area contributed by atoms with Crippen LogP contribution in [-0.4, -0.2) is 13.4 Å². The van der Waals surface area contributed by atoms with Gasteiger partial charge >= 0.3 is 0 Å². The zero-order valence-corrected chi connectivity index (χ0v) is 35.7. The van der Waals surface area contributed by atoms with Gasteiger partial charge in [-0.3, -0.25) is 0 Å². The average Bonchev–Trinajstić information content (AvgIpc) is 3.12. The van der Waals surface area contributed by atoms with Crippen molar-refractivity contribution in [3.63, 3.8) is 0 Å². The smallest absolute Gasteiger partial charge is 0.0726 e. The first-order chi connectivity index (χ1) is 26.7. The van der Waals surface area contributed by atoms with E-state index in [2.05, 4.69) is 204 Å². The normalized spacial score (nSPS) is 11.2. The van der Waals surface area contributed by atoms with E-state index in [4.69, 9.17) is 0 Å². The van der Waals surface area contributed by atoms with Crippen molar-refractivity contribution in [2.45, 2.75) is 83.1 Å². The number of aryl methyl sites for hydroxylation is 12. The molecule has 7 aromatic carbocycles. The van der Waals surface area contributed by atoms with Crippen LogP contribution >= 0.6 is 0 Å². The van der Waals surface area contributed by atoms with E-state index < -0.39 is 0 Å². The van der Waals surface area contributed by atoms with Crippen molar-refractivity contribution in [2.75, 3.05) is 0 Å². The minimum Gasteiger partial charge on any atom is -0.0726 e. The SMILES string of the molecule is Cc1cc(C)c(B(c2cccc(-c3ccc(-c4ccccc4)cc3)c2B(c2c(C)cc(C)cc2C)c2c(C)cc(C)cc2C)c2c(C)cc(C)cc2C)c(C)c1. The van der Waals surface area contributed by atoms with E-state index in [0.29, 0.717) is 0 Å². The van der Waals surface area contributed by atoms with Crippen LogP contribution in [0, 0.1) is 83.1 Å². The Morgan fingerprint density at radius 3 is 0.964 bits per heavy atom. The highest BCUT2D eigenvalue weighted by Crippen LogP contribution is 2.26. The lowest BCUT2D eigenvalue weighted by Gasteiger charge is -2.32. The summed E-state index contributed by atoms with van der Waals surface area (Å²) in [6.07, 6.45) is 0. The molecule has 0 aliphatic carbocycles. The maximum atomic E-state index is 2.46. The van der Waals surface area contributed by atoms with Gasteiger partial charge in [0.05, 0.1) is 0 Å². The third-order valence-corrected chi connectivity index (χ3v) is 12.1. The Bertz CT molecular complexity index is 2380. The highest BCUT2D eigenvalue weighted by molar-refractivity contribution is 7.05. The van der Waals surface area contributed by atoms with Crippen molar-refractivity contribution in [3.05, 3.63) is 188 Å². The molecule has 0 spiro atoms. The van der Waals surface area contributed by atoms with Crippen molar-refractivity contribution in [2.24, 2.45) is 0 Å². The monoisotopic (exact) mass is 726 g/mol. The summed E-state index contributed by atoms with van der Waals surface area (Å²) in [7, 11) is 0. The molecule has 278 valence electrons. The summed E-state index contributed by atoms with van der Waals surface area (Å²) in [4.78, 5) is 0. The van der Waals surface area contributed by atoms with Crippen LogP contribution in [0.4, 0.5) is 0 Å². The van der Waals surface area contributed by atoms with Crippen LogP contribution in [0.5, 0.6) is 0 Å². The van der Waals surface area contributed by atoms with E-state index in [9.17, 15) is 0 Å². The molecule has 0 radical (unpaired) electrons. The Morgan fingerprint density at radius 2 is 0.589 bits per heavy atom. The molecular weight excluding hydrogens is 670 g/mol. The second kappa shape index (κ2) is 15.7. The van der Waals surface area contributed by atoms with Gasteiger partial charge in [-0.1, -0.05) is 221 Å². The molecule has 0 fully saturated rings. The van der Waals surface area contributed by atoms with E-state index in [1.807, 2.05) is 0 Å². The van der Waals surface area contributed by atoms with Gasteiger partial charge in [0.2, 0.25) is 13.4 Å². The summed E-state index contributed by atoms with van der Waals surface area (Å²) < 4.78 is 0. The molecule has 7 aromatic rings. The molecule has 56 heavy (non-hydrogen) atoms. The Kier molecular flexibility index (Phi) is 10.9. The average molecular weight is 727 g/mol. The highest BCUT2D eigenvalue weighted by Gasteiger charge is 2.37. The van der Waals surface area contributed by atoms with E-state index >= 15 is 0 Å². The van der Waals surface area contributed by atoms with Crippen LogP contribution < -0.4 is 32.8 Å². The summed E-state index contributed by atoms with van der Waals surface area (Å²) in [5, 5.41) is 0. The number of benzene rings is 7. The zero-order valence-electron chi connectivity index (χ0n) is 35.7. The number of hydrogen-bond donors (Lipinski definition) is 0. The van der Waals surface area contributed by atoms with E-state index in [1.165, 1.54) is 122 Å². The molecule has 0 saturated heterocycles. The number of rotatable bonds is 8. The molecule has 0 aliphatic heterocycles. The van der Waals surface area contributed by atoms with Gasteiger partial charge in [0, 0.05) is 0 Å². The van der Waals surface area contributed by atoms with Crippen LogP contribution in [0.2, 0.25) is 0 Å². The molecule has 0 N–H and O–H groups in total. The molecule has 0 amide bonds. The zero-order chi connectivity index (χ0) is 40.0. The first-order valence-electron chi connectivity index (χ1n) is 20.3. The topological polar surface area (TPSA) is 0 Å². The molecular formula is C54H56B2. The van der Waals surface area contributed by atoms with Crippen LogP contribution in [0.3, 0.4) is 0 Å². The molecule has 2 heteroatoms. The Morgan fingerprint density at radius 1 is 0.268 bits per heavy atom. The first-order valence-corrected chi connectivity index (χ1v) is 20.3. The van der Waals surface area contributed by atoms with E-state index in [1.54, 1.807) is 0 Å². The summed E-state index contributed by atoms with van der Waals surface area (Å²) >= 11 is 0. The lowest BCUT2D eigenvalue weighted by atomic mass is 9.26. The van der Waals surface area contributed by atoms with Gasteiger partial charge in [0.25, 0.3) is 0 Å². The Hall–Kier alpha value is -5.33. The molecule has 0 unspecified atom stereocenters. The molecule has 0 aliphatic rings. The molecule has 0 atom stereocenters. The Balaban J connectivity index is 1.67. The molecule has 7 rings (SSSR count). The molecule has 0 nitrogen and oxygen atoms in total. The van der Waals surface area contributed by atoms with E-state index in [-0.39, 0.29) is 13.4 Å². The highest BCUT2D eigenvalue weighted by atomic mass is 14.2. The van der Waals surface area contributed by atoms with Crippen molar-refractivity contribution >= 4 is 46.2 Å². The predicted octanol–water partition coefficient (Wildman–Crippen LogP) is 9.75. The van der Waals surface area contributed by atoms with Gasteiger partial charge < -0.3 is 0 Å². The third kappa shape index (κ3) is 7.35. The molecule has 0 bridgehead atoms. The molecule has 0 saturated carbocycles. The van der Waals surface area contributed by atoms with Gasteiger partial charge in [-0.25, -0.2) is 0 Å². The van der Waals surface area contributed by atoms with Crippen molar-refractivity contribution in [1.82, 2.24) is 0 Å². The standard InChI is InChI=1S/C54H56B2/c1-33-25-37(5)50(38(6)26-33)55(51-39(7)27-34(2)28-40(51)8)49-20-16-19-48(47-23-21-46(22-24-47)45-17-14-13-15-18-45)54(49)56(52-41(9)29-35(3)30-42(52)10)53-43(11)31-36(4)32-44(53)12/h13-32H,1-12H3. The second-order valence-electron chi connectivity index (χ2n) is 16.9. The summed E-state index contributed by atoms with van der Waals surface area (Å²) in [5.74, 6) is 0. The van der Waals surface area contributed by atoms with Crippen LogP contribution in [0.25, 0.3) is 22.3 Å². The molecule has 0 heterocycles. The largest absolute Gasteiger partial charge is 0.242 e. The van der Waals surface area contributed by atoms with Crippen molar-refractivity contribution in [3.8, 4) is 22.3 Å². The molecule has 0 aromatic heterocycles. The van der Waals surface area contributed by atoms with Gasteiger partial charge in [0.15, 0.2) is 0 Å². The second-order valence-corrected chi connectivity index (χ2v) is 16.9. The fourth-order valence-electron chi connectivity index (χ4n) is 10.4. The lowest BCUT2D eigenvalue weighted by Crippen LogP contribution is -2.67. The minimum absolute atomic E-state index is 0.00387. The fourth-order valence-corrected chi connectivity index (χ4v) is 10.4. The maximum absolute atomic E-state index is 2.46. The minimum atomic E-state index is -0.00387. The summed E-state index contributed by atoms with van der Waals surface area (Å²) in [6.45, 7) is 27.6. The number of hydrogen-bond acceptors (Lipinski definition) is 0. The summed E-state index contributed by atoms with van der Waals surface area (Å²) in [6, 6.07) is 46.4. The van der Waals surface area contributed by atoms with Gasteiger partial charge in [-0.05, 0) is 105 Å². The quantitative estimate of drug-likeness (QED) is 0.137.